The first kappa shape index (κ1) is 11.5. The van der Waals surface area contributed by atoms with E-state index in [4.69, 9.17) is 0 Å². The van der Waals surface area contributed by atoms with Crippen molar-refractivity contribution in [3.63, 3.8) is 0 Å². The lowest BCUT2D eigenvalue weighted by molar-refractivity contribution is 0.424. The van der Waals surface area contributed by atoms with Crippen LogP contribution in [-0.4, -0.2) is 17.2 Å². The van der Waals surface area contributed by atoms with Gasteiger partial charge < -0.3 is 10.0 Å². The van der Waals surface area contributed by atoms with Gasteiger partial charge in [-0.05, 0) is 27.7 Å². The molecule has 2 N–H and O–H groups in total. The van der Waals surface area contributed by atoms with Gasteiger partial charge in [0.25, 0.3) is 0 Å². The number of hydrogen-bond acceptors (Lipinski definition) is 2. The van der Waals surface area contributed by atoms with Crippen molar-refractivity contribution in [1.29, 1.82) is 0 Å². The normalized spacial score (nSPS) is 15.1. The highest BCUT2D eigenvalue weighted by Crippen LogP contribution is 2.47. The van der Waals surface area contributed by atoms with E-state index in [1.807, 2.05) is 18.2 Å². The second-order valence-corrected chi connectivity index (χ2v) is 5.31. The second-order valence-electron chi connectivity index (χ2n) is 5.31. The smallest absolute Gasteiger partial charge is 0.423 e. The summed E-state index contributed by atoms with van der Waals surface area (Å²) in [6.07, 6.45) is 0. The molecule has 0 fully saturated rings. The highest BCUT2D eigenvalue weighted by atomic mass is 16.4. The van der Waals surface area contributed by atoms with Crippen molar-refractivity contribution in [2.45, 2.75) is 19.3 Å². The summed E-state index contributed by atoms with van der Waals surface area (Å²) < 4.78 is 0. The molecule has 0 heterocycles. The maximum atomic E-state index is 9.55. The molecule has 3 heteroatoms. The molecule has 0 aliphatic heterocycles. The van der Waals surface area contributed by atoms with Gasteiger partial charge in [0.15, 0.2) is 0 Å². The Bertz CT molecular complexity index is 618. The Morgan fingerprint density at radius 2 is 1.56 bits per heavy atom. The fourth-order valence-electron chi connectivity index (χ4n) is 3.10. The van der Waals surface area contributed by atoms with Gasteiger partial charge in [0.2, 0.25) is 0 Å². The van der Waals surface area contributed by atoms with E-state index in [1.54, 1.807) is 6.07 Å². The van der Waals surface area contributed by atoms with Gasteiger partial charge in [0, 0.05) is 5.41 Å². The van der Waals surface area contributed by atoms with Crippen molar-refractivity contribution in [2.24, 2.45) is 0 Å². The van der Waals surface area contributed by atoms with E-state index in [-0.39, 0.29) is 5.41 Å². The summed E-state index contributed by atoms with van der Waals surface area (Å²) in [4.78, 5) is 0. The van der Waals surface area contributed by atoms with Crippen LogP contribution in [0.5, 0.6) is 0 Å². The van der Waals surface area contributed by atoms with Crippen LogP contribution in [0.15, 0.2) is 42.5 Å². The van der Waals surface area contributed by atoms with Crippen molar-refractivity contribution in [2.75, 3.05) is 0 Å². The summed E-state index contributed by atoms with van der Waals surface area (Å²) in [5.41, 5.74) is 5.00. The third kappa shape index (κ3) is 1.38. The minimum absolute atomic E-state index is 0.188. The van der Waals surface area contributed by atoms with Gasteiger partial charge in [-0.15, -0.1) is 0 Å². The summed E-state index contributed by atoms with van der Waals surface area (Å²) in [5.74, 6) is 0. The molecule has 1 aliphatic carbocycles. The lowest BCUT2D eigenvalue weighted by Crippen LogP contribution is -2.37. The van der Waals surface area contributed by atoms with Gasteiger partial charge in [-0.2, -0.15) is 0 Å². The van der Waals surface area contributed by atoms with Crippen molar-refractivity contribution in [3.8, 4) is 11.1 Å². The summed E-state index contributed by atoms with van der Waals surface area (Å²) in [6.45, 7) is 4.26. The van der Waals surface area contributed by atoms with Gasteiger partial charge in [0.05, 0.1) is 0 Å². The maximum Gasteiger partial charge on any atom is 0.488 e. The fourth-order valence-corrected chi connectivity index (χ4v) is 3.10. The molecular weight excluding hydrogens is 223 g/mol. The topological polar surface area (TPSA) is 40.5 Å². The molecule has 1 aliphatic rings. The SMILES string of the molecule is CC1(C)c2ccccc2-c2cccc(B(O)O)c21. The largest absolute Gasteiger partial charge is 0.488 e. The average Bonchev–Trinajstić information content (AvgIpc) is 2.60. The van der Waals surface area contributed by atoms with Crippen LogP contribution >= 0.6 is 0 Å². The highest BCUT2D eigenvalue weighted by molar-refractivity contribution is 6.59. The minimum Gasteiger partial charge on any atom is -0.423 e. The standard InChI is InChI=1S/C15H15BO2/c1-15(2)12-8-4-3-6-10(12)11-7-5-9-13(14(11)15)16(17)18/h3-9,17-18H,1-2H3. The molecule has 0 atom stereocenters. The molecule has 90 valence electrons. The molecule has 0 bridgehead atoms. The number of hydrogen-bond donors (Lipinski definition) is 2. The van der Waals surface area contributed by atoms with E-state index >= 15 is 0 Å². The van der Waals surface area contributed by atoms with E-state index in [2.05, 4.69) is 32.0 Å². The Labute approximate surface area is 107 Å². The third-order valence-electron chi connectivity index (χ3n) is 3.89. The van der Waals surface area contributed by atoms with E-state index in [9.17, 15) is 10.0 Å². The Hall–Kier alpha value is -1.58. The monoisotopic (exact) mass is 238 g/mol. The average molecular weight is 238 g/mol. The summed E-state index contributed by atoms with van der Waals surface area (Å²) in [7, 11) is -1.42. The van der Waals surface area contributed by atoms with Crippen molar-refractivity contribution in [1.82, 2.24) is 0 Å². The molecule has 0 radical (unpaired) electrons. The van der Waals surface area contributed by atoms with Crippen molar-refractivity contribution >= 4 is 12.6 Å². The molecule has 2 aromatic rings. The van der Waals surface area contributed by atoms with Crippen molar-refractivity contribution < 1.29 is 10.0 Å². The van der Waals surface area contributed by atoms with Crippen molar-refractivity contribution in [3.05, 3.63) is 53.6 Å². The predicted octanol–water partition coefficient (Wildman–Crippen LogP) is 1.67. The van der Waals surface area contributed by atoms with Gasteiger partial charge in [0.1, 0.15) is 0 Å². The molecule has 0 saturated carbocycles. The lowest BCUT2D eigenvalue weighted by atomic mass is 9.69. The molecule has 0 aromatic heterocycles. The molecule has 0 unspecified atom stereocenters. The van der Waals surface area contributed by atoms with Gasteiger partial charge in [-0.25, -0.2) is 0 Å². The molecule has 0 amide bonds. The first-order valence-corrected chi connectivity index (χ1v) is 6.13. The lowest BCUT2D eigenvalue weighted by Gasteiger charge is -2.24. The fraction of sp³-hybridized carbons (Fsp3) is 0.200. The zero-order chi connectivity index (χ0) is 12.9. The first-order valence-electron chi connectivity index (χ1n) is 6.13. The van der Waals surface area contributed by atoms with Crippen LogP contribution < -0.4 is 5.46 Å². The van der Waals surface area contributed by atoms with Crippen LogP contribution in [0.25, 0.3) is 11.1 Å². The third-order valence-corrected chi connectivity index (χ3v) is 3.89. The van der Waals surface area contributed by atoms with Crippen LogP contribution in [0, 0.1) is 0 Å². The Morgan fingerprint density at radius 3 is 2.28 bits per heavy atom. The molecule has 3 rings (SSSR count). The Balaban J connectivity index is 2.38. The maximum absolute atomic E-state index is 9.55. The van der Waals surface area contributed by atoms with Crippen LogP contribution in [0.3, 0.4) is 0 Å². The van der Waals surface area contributed by atoms with E-state index < -0.39 is 7.12 Å². The molecule has 2 nitrogen and oxygen atoms in total. The number of rotatable bonds is 1. The molecule has 0 spiro atoms. The number of fused-ring (bicyclic) bond motifs is 3. The summed E-state index contributed by atoms with van der Waals surface area (Å²) in [5, 5.41) is 19.1. The van der Waals surface area contributed by atoms with E-state index in [0.29, 0.717) is 5.46 Å². The highest BCUT2D eigenvalue weighted by Gasteiger charge is 2.38. The van der Waals surface area contributed by atoms with E-state index in [0.717, 1.165) is 11.1 Å². The predicted molar refractivity (Wildman–Crippen MR) is 73.8 cm³/mol. The molecule has 2 aromatic carbocycles. The molecular formula is C15H15BO2. The number of benzene rings is 2. The first-order chi connectivity index (χ1) is 8.53. The van der Waals surface area contributed by atoms with Gasteiger partial charge >= 0.3 is 7.12 Å². The van der Waals surface area contributed by atoms with Crippen LogP contribution in [-0.2, 0) is 5.41 Å². The molecule has 18 heavy (non-hydrogen) atoms. The van der Waals surface area contributed by atoms with Crippen LogP contribution in [0.4, 0.5) is 0 Å². The summed E-state index contributed by atoms with van der Waals surface area (Å²) >= 11 is 0. The van der Waals surface area contributed by atoms with E-state index in [1.165, 1.54) is 11.1 Å². The van der Waals surface area contributed by atoms with Gasteiger partial charge in [-0.3, -0.25) is 0 Å². The zero-order valence-corrected chi connectivity index (χ0v) is 10.5. The zero-order valence-electron chi connectivity index (χ0n) is 10.5. The minimum atomic E-state index is -1.42. The van der Waals surface area contributed by atoms with Crippen LogP contribution in [0.2, 0.25) is 0 Å². The molecule has 0 saturated heterocycles. The Kier molecular flexibility index (Phi) is 2.37. The Morgan fingerprint density at radius 1 is 0.889 bits per heavy atom. The quantitative estimate of drug-likeness (QED) is 0.742. The van der Waals surface area contributed by atoms with Crippen LogP contribution in [0.1, 0.15) is 25.0 Å². The summed E-state index contributed by atoms with van der Waals surface area (Å²) in [6, 6.07) is 14.0. The second kappa shape index (κ2) is 3.71. The van der Waals surface area contributed by atoms with Gasteiger partial charge in [-0.1, -0.05) is 56.3 Å².